The topological polar surface area (TPSA) is 76.8 Å². The third-order valence-electron chi connectivity index (χ3n) is 5.93. The second kappa shape index (κ2) is 7.40. The molecule has 3 atom stereocenters. The van der Waals surface area contributed by atoms with Crippen LogP contribution in [0, 0.1) is 11.8 Å². The number of hydrogen-bond donors (Lipinski definition) is 3. The van der Waals surface area contributed by atoms with Crippen LogP contribution in [0.15, 0.2) is 42.6 Å². The molecule has 1 saturated heterocycles. The first-order valence-electron chi connectivity index (χ1n) is 9.42. The molecule has 144 valence electrons. The molecule has 1 saturated carbocycles. The molecule has 27 heavy (non-hydrogen) atoms. The molecule has 0 bridgehead atoms. The van der Waals surface area contributed by atoms with E-state index < -0.39 is 11.7 Å². The first kappa shape index (κ1) is 18.7. The molecule has 6 heteroatoms. The van der Waals surface area contributed by atoms with Crippen molar-refractivity contribution >= 4 is 11.6 Å². The van der Waals surface area contributed by atoms with E-state index in [1.807, 2.05) is 24.3 Å². The molecule has 4 rings (SSSR count). The molecule has 0 amide bonds. The van der Waals surface area contributed by atoms with Crippen LogP contribution in [-0.2, 0) is 6.42 Å². The van der Waals surface area contributed by atoms with Crippen molar-refractivity contribution in [1.29, 1.82) is 0 Å². The molecule has 1 aliphatic carbocycles. The van der Waals surface area contributed by atoms with Crippen molar-refractivity contribution in [1.82, 2.24) is 9.88 Å². The lowest BCUT2D eigenvalue weighted by atomic mass is 9.91. The summed E-state index contributed by atoms with van der Waals surface area (Å²) in [6, 6.07) is 10.9. The van der Waals surface area contributed by atoms with Gasteiger partial charge in [-0.3, -0.25) is 9.88 Å². The van der Waals surface area contributed by atoms with Gasteiger partial charge in [0.05, 0.1) is 17.5 Å². The largest absolute Gasteiger partial charge is 0.506 e. The molecule has 1 aliphatic heterocycles. The van der Waals surface area contributed by atoms with Gasteiger partial charge in [-0.05, 0) is 54.5 Å². The van der Waals surface area contributed by atoms with E-state index >= 15 is 0 Å². The number of halogens is 1. The highest BCUT2D eigenvalue weighted by Crippen LogP contribution is 2.45. The molecule has 0 radical (unpaired) electrons. The fourth-order valence-corrected chi connectivity index (χ4v) is 4.89. The Labute approximate surface area is 164 Å². The van der Waals surface area contributed by atoms with Crippen molar-refractivity contribution in [2.24, 2.45) is 11.8 Å². The number of benzene rings is 1. The molecule has 5 nitrogen and oxygen atoms in total. The normalized spacial score (nSPS) is 25.4. The van der Waals surface area contributed by atoms with Crippen molar-refractivity contribution in [2.75, 3.05) is 19.6 Å². The minimum Gasteiger partial charge on any atom is -0.506 e. The number of aromatic nitrogens is 1. The fourth-order valence-electron chi connectivity index (χ4n) is 4.77. The van der Waals surface area contributed by atoms with Crippen LogP contribution in [0.5, 0.6) is 5.75 Å². The van der Waals surface area contributed by atoms with Gasteiger partial charge in [-0.1, -0.05) is 23.7 Å². The Balaban J connectivity index is 1.32. The van der Waals surface area contributed by atoms with E-state index in [1.165, 1.54) is 6.20 Å². The Morgan fingerprint density at radius 2 is 1.78 bits per heavy atom. The van der Waals surface area contributed by atoms with Gasteiger partial charge in [0, 0.05) is 31.1 Å². The lowest BCUT2D eigenvalue weighted by molar-refractivity contribution is 0.0327. The number of likely N-dealkylation sites (tertiary alicyclic amines) is 1. The number of rotatable bonds is 5. The van der Waals surface area contributed by atoms with E-state index in [2.05, 4.69) is 9.88 Å². The second-order valence-corrected chi connectivity index (χ2v) is 8.57. The van der Waals surface area contributed by atoms with Crippen molar-refractivity contribution < 1.29 is 15.3 Å². The van der Waals surface area contributed by atoms with E-state index in [9.17, 15) is 15.3 Å². The molecule has 1 aromatic heterocycles. The summed E-state index contributed by atoms with van der Waals surface area (Å²) in [7, 11) is 0. The molecule has 0 spiro atoms. The maximum Gasteiger partial charge on any atom is 0.133 e. The van der Waals surface area contributed by atoms with Crippen LogP contribution in [0.2, 0.25) is 5.02 Å². The number of pyridine rings is 1. The average Bonchev–Trinajstić information content (AvgIpc) is 3.11. The zero-order valence-electron chi connectivity index (χ0n) is 15.1. The maximum absolute atomic E-state index is 11.1. The molecule has 0 unspecified atom stereocenters. The molecule has 2 heterocycles. The van der Waals surface area contributed by atoms with Gasteiger partial charge in [-0.25, -0.2) is 0 Å². The van der Waals surface area contributed by atoms with Crippen LogP contribution in [0.25, 0.3) is 0 Å². The monoisotopic (exact) mass is 388 g/mol. The summed E-state index contributed by atoms with van der Waals surface area (Å²) in [6.45, 7) is 2.31. The van der Waals surface area contributed by atoms with E-state index in [1.54, 1.807) is 12.1 Å². The third kappa shape index (κ3) is 4.27. The SMILES string of the molecule is Oc1ccc([C@H](O)CN2C[C@@H]3CC(O)(Cc4ccc(Cl)cc4)C[C@H]3C2)nc1. The molecule has 2 aliphatic rings. The van der Waals surface area contributed by atoms with Crippen molar-refractivity contribution in [3.63, 3.8) is 0 Å². The van der Waals surface area contributed by atoms with E-state index in [0.29, 0.717) is 35.5 Å². The van der Waals surface area contributed by atoms with Gasteiger partial charge in [-0.15, -0.1) is 0 Å². The maximum atomic E-state index is 11.1. The first-order chi connectivity index (χ1) is 12.9. The summed E-state index contributed by atoms with van der Waals surface area (Å²) < 4.78 is 0. The predicted octanol–water partition coefficient (Wildman–Crippen LogP) is 2.79. The third-order valence-corrected chi connectivity index (χ3v) is 6.18. The number of aromatic hydroxyl groups is 1. The standard InChI is InChI=1S/C21H25ClN2O3/c22-17-3-1-14(2-4-17)7-21(27)8-15-11-24(12-16(15)9-21)13-20(26)19-6-5-18(25)10-23-19/h1-6,10,15-16,20,25-27H,7-9,11-13H2/t15-,16-,20+/m0/s1. The average molecular weight is 389 g/mol. The summed E-state index contributed by atoms with van der Waals surface area (Å²) in [5, 5.41) is 31.5. The lowest BCUT2D eigenvalue weighted by Gasteiger charge is -2.27. The number of fused-ring (bicyclic) bond motifs is 1. The second-order valence-electron chi connectivity index (χ2n) is 8.13. The van der Waals surface area contributed by atoms with E-state index in [4.69, 9.17) is 11.6 Å². The zero-order chi connectivity index (χ0) is 19.0. The van der Waals surface area contributed by atoms with Gasteiger partial charge >= 0.3 is 0 Å². The van der Waals surface area contributed by atoms with Crippen LogP contribution >= 0.6 is 11.6 Å². The summed E-state index contributed by atoms with van der Waals surface area (Å²) in [5.74, 6) is 1.02. The fraction of sp³-hybridized carbons (Fsp3) is 0.476. The summed E-state index contributed by atoms with van der Waals surface area (Å²) in [6.07, 6.45) is 2.94. The van der Waals surface area contributed by atoms with Crippen molar-refractivity contribution in [3.05, 3.63) is 58.9 Å². The van der Waals surface area contributed by atoms with Crippen LogP contribution in [-0.4, -0.2) is 50.4 Å². The summed E-state index contributed by atoms with van der Waals surface area (Å²) in [4.78, 5) is 6.35. The molecule has 1 aromatic carbocycles. The number of aliphatic hydroxyl groups excluding tert-OH is 1. The number of hydrogen-bond acceptors (Lipinski definition) is 5. The van der Waals surface area contributed by atoms with E-state index in [-0.39, 0.29) is 5.75 Å². The van der Waals surface area contributed by atoms with Crippen LogP contribution in [0.3, 0.4) is 0 Å². The Hall–Kier alpha value is -1.66. The van der Waals surface area contributed by atoms with E-state index in [0.717, 1.165) is 31.5 Å². The summed E-state index contributed by atoms with van der Waals surface area (Å²) in [5.41, 5.74) is 1.04. The Bertz CT molecular complexity index is 767. The lowest BCUT2D eigenvalue weighted by Crippen LogP contribution is -2.33. The highest BCUT2D eigenvalue weighted by molar-refractivity contribution is 6.30. The molecule has 3 N–H and O–H groups in total. The number of nitrogens with zero attached hydrogens (tertiary/aromatic N) is 2. The van der Waals surface area contributed by atoms with Gasteiger partial charge in [-0.2, -0.15) is 0 Å². The molecular formula is C21H25ClN2O3. The van der Waals surface area contributed by atoms with Gasteiger partial charge < -0.3 is 15.3 Å². The van der Waals surface area contributed by atoms with Gasteiger partial charge in [0.25, 0.3) is 0 Å². The van der Waals surface area contributed by atoms with Gasteiger partial charge in [0.15, 0.2) is 0 Å². The molecular weight excluding hydrogens is 364 g/mol. The van der Waals surface area contributed by atoms with Crippen LogP contribution in [0.4, 0.5) is 0 Å². The van der Waals surface area contributed by atoms with Gasteiger partial charge in [0.2, 0.25) is 0 Å². The highest BCUT2D eigenvalue weighted by Gasteiger charge is 2.48. The number of β-amino-alcohol motifs (C(OH)–C–C–N with tert-alkyl or cyclic N) is 1. The van der Waals surface area contributed by atoms with Crippen LogP contribution in [0.1, 0.15) is 30.2 Å². The quantitative estimate of drug-likeness (QED) is 0.734. The zero-order valence-corrected chi connectivity index (χ0v) is 15.9. The Morgan fingerprint density at radius 3 is 2.37 bits per heavy atom. The Morgan fingerprint density at radius 1 is 1.11 bits per heavy atom. The molecule has 2 fully saturated rings. The minimum absolute atomic E-state index is 0.0987. The Kier molecular flexibility index (Phi) is 5.12. The predicted molar refractivity (Wildman–Crippen MR) is 104 cm³/mol. The molecule has 2 aromatic rings. The van der Waals surface area contributed by atoms with Gasteiger partial charge in [0.1, 0.15) is 11.9 Å². The minimum atomic E-state index is -0.669. The highest BCUT2D eigenvalue weighted by atomic mass is 35.5. The smallest absolute Gasteiger partial charge is 0.133 e. The van der Waals surface area contributed by atoms with Crippen molar-refractivity contribution in [2.45, 2.75) is 31.0 Å². The number of aliphatic hydroxyl groups is 2. The van der Waals surface area contributed by atoms with Crippen LogP contribution < -0.4 is 0 Å². The first-order valence-corrected chi connectivity index (χ1v) is 9.80. The van der Waals surface area contributed by atoms with Crippen molar-refractivity contribution in [3.8, 4) is 5.75 Å². The summed E-state index contributed by atoms with van der Waals surface area (Å²) >= 11 is 5.95.